The Labute approximate surface area is 160 Å². The van der Waals surface area contributed by atoms with Crippen LogP contribution < -0.4 is 9.46 Å². The van der Waals surface area contributed by atoms with Crippen LogP contribution in [-0.4, -0.2) is 50.9 Å². The largest absolute Gasteiger partial charge is 0.494 e. The lowest BCUT2D eigenvalue weighted by Gasteiger charge is -2.31. The molecule has 1 unspecified atom stereocenters. The molecule has 0 fully saturated rings. The zero-order valence-electron chi connectivity index (χ0n) is 17.4. The van der Waals surface area contributed by atoms with Gasteiger partial charge in [-0.2, -0.15) is 0 Å². The topological polar surface area (TPSA) is 58.6 Å². The van der Waals surface area contributed by atoms with Crippen LogP contribution in [0.4, 0.5) is 0 Å². The molecule has 0 aliphatic heterocycles. The molecule has 0 bridgehead atoms. The quantitative estimate of drug-likeness (QED) is 0.626. The van der Waals surface area contributed by atoms with Crippen LogP contribution in [-0.2, 0) is 10.0 Å². The number of sulfonamides is 1. The predicted molar refractivity (Wildman–Crippen MR) is 109 cm³/mol. The molecule has 150 valence electrons. The van der Waals surface area contributed by atoms with Gasteiger partial charge in [0, 0.05) is 18.6 Å². The van der Waals surface area contributed by atoms with Crippen molar-refractivity contribution in [3.63, 3.8) is 0 Å². The van der Waals surface area contributed by atoms with E-state index in [1.807, 2.05) is 31.2 Å². The third-order valence-electron chi connectivity index (χ3n) is 4.71. The molecule has 1 atom stereocenters. The molecular formula is C20H36N2O3S. The van der Waals surface area contributed by atoms with E-state index < -0.39 is 15.3 Å². The van der Waals surface area contributed by atoms with E-state index >= 15 is 0 Å². The van der Waals surface area contributed by atoms with Gasteiger partial charge in [0.2, 0.25) is 10.0 Å². The van der Waals surface area contributed by atoms with Gasteiger partial charge in [0.1, 0.15) is 5.75 Å². The number of hydrogen-bond acceptors (Lipinski definition) is 4. The lowest BCUT2D eigenvalue weighted by Crippen LogP contribution is -2.39. The minimum atomic E-state index is -3.22. The Bertz CT molecular complexity index is 634. The van der Waals surface area contributed by atoms with Crippen molar-refractivity contribution in [1.82, 2.24) is 9.62 Å². The van der Waals surface area contributed by atoms with Crippen LogP contribution in [0.5, 0.6) is 5.75 Å². The molecule has 0 saturated heterocycles. The fourth-order valence-electron chi connectivity index (χ4n) is 2.25. The number of rotatable bonds is 10. The van der Waals surface area contributed by atoms with Crippen molar-refractivity contribution >= 4 is 10.0 Å². The van der Waals surface area contributed by atoms with E-state index in [1.165, 1.54) is 0 Å². The van der Waals surface area contributed by atoms with Crippen molar-refractivity contribution in [2.75, 3.05) is 26.7 Å². The molecule has 0 saturated carbocycles. The van der Waals surface area contributed by atoms with Crippen LogP contribution in [0, 0.1) is 0 Å². The first-order chi connectivity index (χ1) is 11.9. The third-order valence-corrected chi connectivity index (χ3v) is 6.52. The first kappa shape index (κ1) is 22.9. The summed E-state index contributed by atoms with van der Waals surface area (Å²) in [6, 6.07) is 7.92. The van der Waals surface area contributed by atoms with Gasteiger partial charge in [0.15, 0.2) is 0 Å². The van der Waals surface area contributed by atoms with E-state index in [2.05, 4.69) is 37.4 Å². The molecule has 0 radical (unpaired) electrons. The summed E-state index contributed by atoms with van der Waals surface area (Å²) in [5.74, 6) is 0.958. The van der Waals surface area contributed by atoms with Crippen molar-refractivity contribution in [2.24, 2.45) is 0 Å². The Hall–Kier alpha value is -1.11. The van der Waals surface area contributed by atoms with Crippen molar-refractivity contribution in [2.45, 2.75) is 64.7 Å². The number of benzene rings is 1. The van der Waals surface area contributed by atoms with Crippen molar-refractivity contribution in [3.05, 3.63) is 29.8 Å². The number of nitrogens with zero attached hydrogens (tertiary/aromatic N) is 1. The van der Waals surface area contributed by atoms with Crippen molar-refractivity contribution in [1.29, 1.82) is 0 Å². The molecule has 1 N–H and O–H groups in total. The Morgan fingerprint density at radius 2 is 1.69 bits per heavy atom. The molecule has 1 rings (SSSR count). The molecule has 0 spiro atoms. The van der Waals surface area contributed by atoms with Crippen molar-refractivity contribution in [3.8, 4) is 5.75 Å². The minimum absolute atomic E-state index is 0.109. The summed E-state index contributed by atoms with van der Waals surface area (Å²) in [6.07, 6.45) is 0.975. The van der Waals surface area contributed by atoms with E-state index in [0.29, 0.717) is 13.2 Å². The zero-order valence-corrected chi connectivity index (χ0v) is 18.2. The molecular weight excluding hydrogens is 348 g/mol. The number of hydrogen-bond donors (Lipinski definition) is 1. The summed E-state index contributed by atoms with van der Waals surface area (Å²) in [5, 5.41) is -0.414. The van der Waals surface area contributed by atoms with Gasteiger partial charge in [-0.25, -0.2) is 13.1 Å². The SMILES string of the molecule is CC(CNS(=O)(=O)C(C)C)c1ccc(OCCCN(C)C(C)(C)C)cc1. The van der Waals surface area contributed by atoms with E-state index in [1.54, 1.807) is 13.8 Å². The highest BCUT2D eigenvalue weighted by atomic mass is 32.2. The summed E-state index contributed by atoms with van der Waals surface area (Å²) in [5.41, 5.74) is 1.27. The zero-order chi connectivity index (χ0) is 20.0. The second-order valence-electron chi connectivity index (χ2n) is 8.21. The first-order valence-electron chi connectivity index (χ1n) is 9.36. The van der Waals surface area contributed by atoms with Crippen LogP contribution in [0.15, 0.2) is 24.3 Å². The average molecular weight is 385 g/mol. The molecule has 26 heavy (non-hydrogen) atoms. The lowest BCUT2D eigenvalue weighted by atomic mass is 10.0. The predicted octanol–water partition coefficient (Wildman–Crippen LogP) is 3.62. The minimum Gasteiger partial charge on any atom is -0.494 e. The smallest absolute Gasteiger partial charge is 0.213 e. The maximum Gasteiger partial charge on any atom is 0.213 e. The Balaban J connectivity index is 2.43. The van der Waals surface area contributed by atoms with Gasteiger partial charge >= 0.3 is 0 Å². The average Bonchev–Trinajstić information content (AvgIpc) is 2.56. The Kier molecular flexibility index (Phi) is 8.57. The third kappa shape index (κ3) is 7.64. The van der Waals surface area contributed by atoms with Crippen molar-refractivity contribution < 1.29 is 13.2 Å². The highest BCUT2D eigenvalue weighted by Crippen LogP contribution is 2.19. The molecule has 0 aliphatic rings. The molecule has 1 aromatic carbocycles. The van der Waals surface area contributed by atoms with Gasteiger partial charge in [0.25, 0.3) is 0 Å². The molecule has 5 nitrogen and oxygen atoms in total. The van der Waals surface area contributed by atoms with Gasteiger partial charge in [-0.15, -0.1) is 0 Å². The summed E-state index contributed by atoms with van der Waals surface area (Å²) >= 11 is 0. The van der Waals surface area contributed by atoms with Gasteiger partial charge < -0.3 is 9.64 Å². The van der Waals surface area contributed by atoms with E-state index in [0.717, 1.165) is 24.3 Å². The molecule has 0 amide bonds. The fourth-order valence-corrected chi connectivity index (χ4v) is 3.06. The standard InChI is InChI=1S/C20H36N2O3S/c1-16(2)26(23,24)21-15-17(3)18-9-11-19(12-10-18)25-14-8-13-22(7)20(4,5)6/h9-12,16-17,21H,8,13-15H2,1-7H3. The molecule has 0 aromatic heterocycles. The van der Waals surface area contributed by atoms with Gasteiger partial charge in [-0.05, 0) is 71.7 Å². The maximum atomic E-state index is 11.8. The van der Waals surface area contributed by atoms with Crippen LogP contribution >= 0.6 is 0 Å². The van der Waals surface area contributed by atoms with E-state index in [-0.39, 0.29) is 11.5 Å². The van der Waals surface area contributed by atoms with Gasteiger partial charge in [-0.1, -0.05) is 19.1 Å². The summed E-state index contributed by atoms with van der Waals surface area (Å²) in [7, 11) is -1.09. The second-order valence-corrected chi connectivity index (χ2v) is 10.5. The molecule has 6 heteroatoms. The fraction of sp³-hybridized carbons (Fsp3) is 0.700. The molecule has 0 aliphatic carbocycles. The highest BCUT2D eigenvalue weighted by molar-refractivity contribution is 7.90. The van der Waals surface area contributed by atoms with Crippen LogP contribution in [0.2, 0.25) is 0 Å². The van der Waals surface area contributed by atoms with E-state index in [4.69, 9.17) is 4.74 Å². The monoisotopic (exact) mass is 384 g/mol. The van der Waals surface area contributed by atoms with Gasteiger partial charge in [-0.3, -0.25) is 0 Å². The van der Waals surface area contributed by atoms with Crippen LogP contribution in [0.25, 0.3) is 0 Å². The summed E-state index contributed by atoms with van der Waals surface area (Å²) in [4.78, 5) is 2.32. The van der Waals surface area contributed by atoms with Crippen LogP contribution in [0.3, 0.4) is 0 Å². The number of nitrogens with one attached hydrogen (secondary N) is 1. The maximum absolute atomic E-state index is 11.8. The van der Waals surface area contributed by atoms with E-state index in [9.17, 15) is 8.42 Å². The first-order valence-corrected chi connectivity index (χ1v) is 10.9. The lowest BCUT2D eigenvalue weighted by molar-refractivity contribution is 0.161. The van der Waals surface area contributed by atoms with Crippen LogP contribution in [0.1, 0.15) is 59.4 Å². The summed E-state index contributed by atoms with van der Waals surface area (Å²) < 4.78 is 32.2. The number of ether oxygens (including phenoxy) is 1. The normalized spacial score (nSPS) is 14.0. The Morgan fingerprint density at radius 3 is 2.19 bits per heavy atom. The summed E-state index contributed by atoms with van der Waals surface area (Å²) in [6.45, 7) is 14.1. The molecule has 1 aromatic rings. The Morgan fingerprint density at radius 1 is 1.12 bits per heavy atom. The second kappa shape index (κ2) is 9.72. The molecule has 0 heterocycles. The highest BCUT2D eigenvalue weighted by Gasteiger charge is 2.17. The van der Waals surface area contributed by atoms with Gasteiger partial charge in [0.05, 0.1) is 11.9 Å².